The number of hydrogen-bond donors (Lipinski definition) is 1. The van der Waals surface area contributed by atoms with E-state index >= 15 is 0 Å². The van der Waals surface area contributed by atoms with Gasteiger partial charge in [-0.3, -0.25) is 0 Å². The minimum Gasteiger partial charge on any atom is -0.542 e. The number of halogens is 3. The summed E-state index contributed by atoms with van der Waals surface area (Å²) in [6.45, 7) is 1.89. The summed E-state index contributed by atoms with van der Waals surface area (Å²) in [5.74, 6) is -3.72. The van der Waals surface area contributed by atoms with Crippen molar-refractivity contribution in [3.05, 3.63) is 0 Å². The Morgan fingerprint density at radius 3 is 1.59 bits per heavy atom. The van der Waals surface area contributed by atoms with E-state index in [1.54, 1.807) is 0 Å². The van der Waals surface area contributed by atoms with Crippen LogP contribution in [0.25, 0.3) is 0 Å². The average molecular weight is 259 g/mol. The van der Waals surface area contributed by atoms with Crippen molar-refractivity contribution < 1.29 is 37.5 Å². The van der Waals surface area contributed by atoms with Crippen LogP contribution in [-0.4, -0.2) is 54.9 Å². The smallest absolute Gasteiger partial charge is 0.430 e. The topological polar surface area (TPSA) is 77.4 Å². The lowest BCUT2D eigenvalue weighted by Gasteiger charge is -2.30. The Labute approximate surface area is 97.0 Å². The van der Waals surface area contributed by atoms with Gasteiger partial charge in [0.25, 0.3) is 0 Å². The molecule has 0 aliphatic heterocycles. The van der Waals surface area contributed by atoms with Crippen molar-refractivity contribution in [3.63, 3.8) is 0 Å². The third-order valence-electron chi connectivity index (χ3n) is 1.84. The quantitative estimate of drug-likeness (QED) is 0.715. The zero-order valence-electron chi connectivity index (χ0n) is 10.0. The fraction of sp³-hybridized carbons (Fsp3) is 0.778. The Hall–Kier alpha value is -1.31. The number of nitrogens with zero attached hydrogens (tertiary/aromatic N) is 1. The molecular weight excluding hydrogens is 243 g/mol. The number of carbonyl (C=O) groups excluding carboxylic acids is 1. The van der Waals surface area contributed by atoms with Crippen LogP contribution in [0.3, 0.4) is 0 Å². The molecule has 0 aliphatic carbocycles. The lowest BCUT2D eigenvalue weighted by molar-refractivity contribution is -0.887. The molecule has 0 heterocycles. The molecule has 0 saturated heterocycles. The summed E-state index contributed by atoms with van der Waals surface area (Å²) in [6, 6.07) is -0.278. The molecule has 1 atom stereocenters. The van der Waals surface area contributed by atoms with Gasteiger partial charge in [0.1, 0.15) is 5.97 Å². The highest BCUT2D eigenvalue weighted by molar-refractivity contribution is 5.72. The molecule has 0 aromatic carbocycles. The van der Waals surface area contributed by atoms with E-state index in [2.05, 4.69) is 0 Å². The van der Waals surface area contributed by atoms with Gasteiger partial charge < -0.3 is 19.5 Å². The Kier molecular flexibility index (Phi) is 6.83. The van der Waals surface area contributed by atoms with Crippen LogP contribution in [0.15, 0.2) is 0 Å². The summed E-state index contributed by atoms with van der Waals surface area (Å²) in [5.41, 5.74) is 0. The summed E-state index contributed by atoms with van der Waals surface area (Å²) in [5, 5.41) is 17.5. The molecule has 0 aliphatic rings. The van der Waals surface area contributed by atoms with Gasteiger partial charge >= 0.3 is 12.1 Å². The number of carboxylic acid groups (broad SMARTS) is 2. The third-order valence-corrected chi connectivity index (χ3v) is 1.84. The molecule has 0 aromatic heterocycles. The zero-order chi connectivity index (χ0) is 14.4. The number of carboxylic acids is 2. The van der Waals surface area contributed by atoms with E-state index in [0.717, 1.165) is 0 Å². The molecule has 0 bridgehead atoms. The van der Waals surface area contributed by atoms with E-state index in [9.17, 15) is 18.0 Å². The van der Waals surface area contributed by atoms with Gasteiger partial charge in [0.2, 0.25) is 0 Å². The van der Waals surface area contributed by atoms with Gasteiger partial charge in [-0.2, -0.15) is 13.2 Å². The highest BCUT2D eigenvalue weighted by Crippen LogP contribution is 2.11. The van der Waals surface area contributed by atoms with Crippen molar-refractivity contribution in [1.82, 2.24) is 0 Å². The van der Waals surface area contributed by atoms with E-state index in [-0.39, 0.29) is 6.04 Å². The molecule has 0 saturated carbocycles. The minimum absolute atomic E-state index is 0.278. The second-order valence-corrected chi connectivity index (χ2v) is 4.16. The summed E-state index contributed by atoms with van der Waals surface area (Å²) >= 11 is 0. The number of rotatable bonds is 3. The van der Waals surface area contributed by atoms with Gasteiger partial charge in [-0.25, -0.2) is 4.79 Å². The zero-order valence-corrected chi connectivity index (χ0v) is 10.0. The van der Waals surface area contributed by atoms with Crippen molar-refractivity contribution in [2.45, 2.75) is 25.6 Å². The lowest BCUT2D eigenvalue weighted by atomic mass is 10.2. The molecule has 0 aromatic rings. The molecule has 102 valence electrons. The molecule has 5 nitrogen and oxygen atoms in total. The minimum atomic E-state index is -5.19. The maximum atomic E-state index is 10.6. The first kappa shape index (κ1) is 18.1. The number of aliphatic carboxylic acids is 2. The summed E-state index contributed by atoms with van der Waals surface area (Å²) in [4.78, 5) is 19.3. The van der Waals surface area contributed by atoms with E-state index < -0.39 is 18.1 Å². The molecule has 17 heavy (non-hydrogen) atoms. The van der Waals surface area contributed by atoms with Gasteiger partial charge in [0, 0.05) is 6.42 Å². The molecule has 1 N–H and O–H groups in total. The molecule has 0 amide bonds. The van der Waals surface area contributed by atoms with Crippen molar-refractivity contribution in [2.75, 3.05) is 21.1 Å². The normalized spacial score (nSPS) is 13.4. The van der Waals surface area contributed by atoms with E-state index in [1.165, 1.54) is 0 Å². The first-order chi connectivity index (χ1) is 7.34. The lowest BCUT2D eigenvalue weighted by Crippen LogP contribution is -2.49. The van der Waals surface area contributed by atoms with Crippen LogP contribution in [0.4, 0.5) is 13.2 Å². The van der Waals surface area contributed by atoms with Crippen LogP contribution in [0, 0.1) is 0 Å². The fourth-order valence-corrected chi connectivity index (χ4v) is 1.05. The average Bonchev–Trinajstić information content (AvgIpc) is 2.00. The van der Waals surface area contributed by atoms with Gasteiger partial charge in [-0.05, 0) is 0 Å². The monoisotopic (exact) mass is 259 g/mol. The molecular formula is C9H16F3NO4. The molecule has 8 heteroatoms. The third kappa shape index (κ3) is 8.49. The first-order valence-electron chi connectivity index (χ1n) is 4.66. The predicted octanol–water partition coefficient (Wildman–Crippen LogP) is -0.146. The summed E-state index contributed by atoms with van der Waals surface area (Å²) < 4.78 is 32.0. The highest BCUT2D eigenvalue weighted by Gasteiger charge is 2.29. The molecule has 0 fully saturated rings. The van der Waals surface area contributed by atoms with Crippen LogP contribution in [-0.2, 0) is 9.59 Å². The highest BCUT2D eigenvalue weighted by atomic mass is 19.4. The Morgan fingerprint density at radius 2 is 1.59 bits per heavy atom. The van der Waals surface area contributed by atoms with Crippen molar-refractivity contribution in [1.29, 1.82) is 0 Å². The van der Waals surface area contributed by atoms with Crippen LogP contribution in [0.2, 0.25) is 0 Å². The number of likely N-dealkylation sites (N-methyl/N-ethyl adjacent to an activating group) is 1. The van der Waals surface area contributed by atoms with Gasteiger partial charge in [-0.15, -0.1) is 0 Å². The van der Waals surface area contributed by atoms with Gasteiger partial charge in [0.15, 0.2) is 6.04 Å². The van der Waals surface area contributed by atoms with E-state index in [0.29, 0.717) is 10.9 Å². The Morgan fingerprint density at radius 1 is 1.29 bits per heavy atom. The predicted molar refractivity (Wildman–Crippen MR) is 50.8 cm³/mol. The molecule has 1 unspecified atom stereocenters. The van der Waals surface area contributed by atoms with Crippen molar-refractivity contribution in [3.8, 4) is 0 Å². The largest absolute Gasteiger partial charge is 0.542 e. The Bertz CT molecular complexity index is 270. The van der Waals surface area contributed by atoms with Gasteiger partial charge in [0.05, 0.1) is 21.1 Å². The van der Waals surface area contributed by atoms with Gasteiger partial charge in [-0.1, -0.05) is 6.92 Å². The second-order valence-electron chi connectivity index (χ2n) is 4.16. The number of alkyl halides is 3. The van der Waals surface area contributed by atoms with E-state index in [4.69, 9.17) is 15.0 Å². The first-order valence-corrected chi connectivity index (χ1v) is 4.66. The molecule has 0 rings (SSSR count). The van der Waals surface area contributed by atoms with E-state index in [1.807, 2.05) is 28.1 Å². The van der Waals surface area contributed by atoms with Crippen LogP contribution in [0.5, 0.6) is 0 Å². The molecule has 0 radical (unpaired) electrons. The SMILES string of the molecule is CCC(C(=O)O)[N+](C)(C)C.O=C([O-])C(F)(F)F. The van der Waals surface area contributed by atoms with Crippen molar-refractivity contribution >= 4 is 11.9 Å². The van der Waals surface area contributed by atoms with Crippen LogP contribution >= 0.6 is 0 Å². The fourth-order valence-electron chi connectivity index (χ4n) is 1.05. The number of hydrogen-bond acceptors (Lipinski definition) is 3. The number of quaternary nitrogens is 1. The molecule has 0 spiro atoms. The summed E-state index contributed by atoms with van der Waals surface area (Å²) in [7, 11) is 5.67. The maximum Gasteiger partial charge on any atom is 0.430 e. The standard InChI is InChI=1S/C7H15NO2.C2HF3O2/c1-5-6(7(9)10)8(2,3)4;3-2(4,5)1(6)7/h6H,5H2,1-4H3;(H,6,7). The van der Waals surface area contributed by atoms with Crippen molar-refractivity contribution in [2.24, 2.45) is 0 Å². The maximum absolute atomic E-state index is 10.6. The number of carbonyl (C=O) groups is 2. The Balaban J connectivity index is 0. The van der Waals surface area contributed by atoms with Crippen LogP contribution < -0.4 is 5.11 Å². The second kappa shape index (κ2) is 6.43. The van der Waals surface area contributed by atoms with Crippen LogP contribution in [0.1, 0.15) is 13.3 Å². The summed E-state index contributed by atoms with van der Waals surface area (Å²) in [6.07, 6.45) is -4.52.